The molecule has 0 saturated heterocycles. The summed E-state index contributed by atoms with van der Waals surface area (Å²) in [6.07, 6.45) is 4.49. The van der Waals surface area contributed by atoms with Gasteiger partial charge in [-0.3, -0.25) is 0 Å². The molecule has 0 unspecified atom stereocenters. The van der Waals surface area contributed by atoms with Crippen molar-refractivity contribution in [3.05, 3.63) is 56.8 Å². The molecular formula is C24H30NOTe+. The third kappa shape index (κ3) is 4.15. The summed E-state index contributed by atoms with van der Waals surface area (Å²) in [6, 6.07) is 13.0. The van der Waals surface area contributed by atoms with E-state index in [0.29, 0.717) is 5.75 Å². The molecule has 0 amide bonds. The van der Waals surface area contributed by atoms with Crippen LogP contribution >= 0.6 is 0 Å². The van der Waals surface area contributed by atoms with E-state index in [-0.39, 0.29) is 31.3 Å². The third-order valence-corrected chi connectivity index (χ3v) is 8.32. The number of benzene rings is 2. The monoisotopic (exact) mass is 478 g/mol. The maximum absolute atomic E-state index is 10.9. The van der Waals surface area contributed by atoms with Crippen LogP contribution in [0.2, 0.25) is 0 Å². The zero-order chi connectivity index (χ0) is 20.0. The summed E-state index contributed by atoms with van der Waals surface area (Å²) in [4.78, 5) is 0. The number of phenols is 1. The summed E-state index contributed by atoms with van der Waals surface area (Å²) in [5.74, 6) is 0.443. The van der Waals surface area contributed by atoms with Gasteiger partial charge in [-0.1, -0.05) is 0 Å². The second-order valence-corrected chi connectivity index (χ2v) is 12.3. The molecule has 0 aliphatic carbocycles. The van der Waals surface area contributed by atoms with Gasteiger partial charge < -0.3 is 0 Å². The summed E-state index contributed by atoms with van der Waals surface area (Å²) in [5.41, 5.74) is 4.33. The summed E-state index contributed by atoms with van der Waals surface area (Å²) < 4.78 is 5.25. The third-order valence-electron chi connectivity index (χ3n) is 4.94. The first-order valence-corrected chi connectivity index (χ1v) is 11.7. The number of para-hydroxylation sites is 1. The van der Waals surface area contributed by atoms with Crippen molar-refractivity contribution in [3.63, 3.8) is 0 Å². The van der Waals surface area contributed by atoms with Crippen molar-refractivity contribution in [2.75, 3.05) is 0 Å². The molecule has 1 N–H and O–H groups in total. The topological polar surface area (TPSA) is 24.1 Å². The number of fused-ring (bicyclic) bond motifs is 1. The van der Waals surface area contributed by atoms with Gasteiger partial charge in [0, 0.05) is 0 Å². The van der Waals surface area contributed by atoms with Crippen molar-refractivity contribution in [1.82, 2.24) is 0 Å². The number of aromatic hydroxyl groups is 1. The van der Waals surface area contributed by atoms with Crippen LogP contribution in [0.15, 0.2) is 36.4 Å². The molecule has 27 heavy (non-hydrogen) atoms. The molecule has 0 saturated carbocycles. The Bertz CT molecular complexity index is 978. The number of phenolic OH excluding ortho intramolecular Hbond substituents is 1. The first kappa shape index (κ1) is 20.2. The number of aromatic nitrogens is 1. The van der Waals surface area contributed by atoms with Gasteiger partial charge in [0.2, 0.25) is 0 Å². The molecule has 0 radical (unpaired) electrons. The number of rotatable bonds is 2. The Labute approximate surface area is 172 Å². The summed E-state index contributed by atoms with van der Waals surface area (Å²) in [7, 11) is 2.16. The molecule has 1 aromatic heterocycles. The maximum atomic E-state index is 10.9. The van der Waals surface area contributed by atoms with Gasteiger partial charge in [-0.25, -0.2) is 0 Å². The van der Waals surface area contributed by atoms with Crippen LogP contribution in [0.25, 0.3) is 21.1 Å². The number of hydrogen-bond donors (Lipinski definition) is 1. The molecule has 2 nitrogen and oxygen atoms in total. The van der Waals surface area contributed by atoms with E-state index >= 15 is 0 Å². The van der Waals surface area contributed by atoms with Crippen LogP contribution in [0.5, 0.6) is 5.75 Å². The van der Waals surface area contributed by atoms with E-state index in [1.54, 1.807) is 0 Å². The van der Waals surface area contributed by atoms with E-state index in [0.717, 1.165) is 16.7 Å². The van der Waals surface area contributed by atoms with Gasteiger partial charge in [0.15, 0.2) is 0 Å². The molecule has 1 heterocycles. The van der Waals surface area contributed by atoms with Crippen molar-refractivity contribution in [1.29, 1.82) is 0 Å². The Hall–Kier alpha value is -1.56. The average molecular weight is 476 g/mol. The molecular weight excluding hydrogens is 446 g/mol. The molecule has 2 aromatic carbocycles. The quantitative estimate of drug-likeness (QED) is 0.400. The van der Waals surface area contributed by atoms with Gasteiger partial charge in [-0.05, 0) is 0 Å². The van der Waals surface area contributed by atoms with Gasteiger partial charge >= 0.3 is 173 Å². The van der Waals surface area contributed by atoms with Crippen LogP contribution < -0.4 is 4.57 Å². The summed E-state index contributed by atoms with van der Waals surface area (Å²) in [6.45, 7) is 12.9. The van der Waals surface area contributed by atoms with Crippen LogP contribution in [0.3, 0.4) is 0 Å². The Morgan fingerprint density at radius 1 is 0.889 bits per heavy atom. The van der Waals surface area contributed by atoms with Crippen molar-refractivity contribution >= 4 is 41.5 Å². The van der Waals surface area contributed by atoms with Gasteiger partial charge in [0.1, 0.15) is 0 Å². The minimum atomic E-state index is -0.344. The Kier molecular flexibility index (Phi) is 5.32. The van der Waals surface area contributed by atoms with E-state index in [1.807, 2.05) is 0 Å². The molecule has 3 heteroatoms. The van der Waals surface area contributed by atoms with Crippen molar-refractivity contribution in [2.24, 2.45) is 7.05 Å². The molecule has 142 valence electrons. The van der Waals surface area contributed by atoms with Gasteiger partial charge in [0.25, 0.3) is 0 Å². The van der Waals surface area contributed by atoms with Crippen LogP contribution in [0, 0.1) is 0 Å². The molecule has 3 aromatic rings. The van der Waals surface area contributed by atoms with E-state index in [4.69, 9.17) is 0 Å². The van der Waals surface area contributed by atoms with Gasteiger partial charge in [-0.2, -0.15) is 0 Å². The first-order chi connectivity index (χ1) is 12.5. The molecule has 0 bridgehead atoms. The molecule has 0 aliphatic rings. The average Bonchev–Trinajstić information content (AvgIpc) is 2.88. The first-order valence-electron chi connectivity index (χ1n) is 9.42. The Balaban J connectivity index is 2.10. The number of nitrogens with zero attached hydrogens (tertiary/aromatic N) is 1. The van der Waals surface area contributed by atoms with Crippen molar-refractivity contribution in [3.8, 4) is 5.75 Å². The van der Waals surface area contributed by atoms with E-state index in [2.05, 4.69) is 102 Å². The van der Waals surface area contributed by atoms with Crippen LogP contribution in [0.1, 0.15) is 61.9 Å². The van der Waals surface area contributed by atoms with Crippen LogP contribution in [-0.2, 0) is 17.9 Å². The Morgan fingerprint density at radius 2 is 1.44 bits per heavy atom. The fourth-order valence-electron chi connectivity index (χ4n) is 3.33. The number of aryl methyl sites for hydroxylation is 1. The SMILES string of the molecule is C[n+]1c(/C=C/c2cc(C(C)(C)C)c(O)c(C(C)(C)C)c2)[te]c2ccccc21. The van der Waals surface area contributed by atoms with E-state index in [9.17, 15) is 5.11 Å². The molecule has 0 aliphatic heterocycles. The normalized spacial score (nSPS) is 13.0. The molecule has 0 spiro atoms. The summed E-state index contributed by atoms with van der Waals surface area (Å²) in [5, 5.41) is 10.9. The van der Waals surface area contributed by atoms with Crippen molar-refractivity contribution in [2.45, 2.75) is 52.4 Å². The summed E-state index contributed by atoms with van der Waals surface area (Å²) >= 11 is -0.344. The standard InChI is InChI=1S/C24H29NOTe/c1-23(2,3)17-14-16(15-18(22(17)26)24(4,5)6)12-13-21-25(7)19-10-8-9-11-20(19)27-21/h8-15H,1-7H3/p+1. The van der Waals surface area contributed by atoms with Crippen LogP contribution in [-0.4, -0.2) is 25.5 Å². The zero-order valence-electron chi connectivity index (χ0n) is 17.4. The second kappa shape index (κ2) is 7.12. The Morgan fingerprint density at radius 3 is 1.96 bits per heavy atom. The van der Waals surface area contributed by atoms with Crippen LogP contribution in [0.4, 0.5) is 0 Å². The van der Waals surface area contributed by atoms with Crippen molar-refractivity contribution < 1.29 is 9.67 Å². The molecule has 3 rings (SSSR count). The van der Waals surface area contributed by atoms with Gasteiger partial charge in [-0.15, -0.1) is 0 Å². The predicted octanol–water partition coefficient (Wildman–Crippen LogP) is 5.19. The van der Waals surface area contributed by atoms with E-state index in [1.165, 1.54) is 12.6 Å². The second-order valence-electron chi connectivity index (χ2n) is 9.27. The zero-order valence-corrected chi connectivity index (χ0v) is 19.8. The molecule has 0 fully saturated rings. The minimum absolute atomic E-state index is 0.102. The molecule has 0 atom stereocenters. The van der Waals surface area contributed by atoms with E-state index < -0.39 is 0 Å². The van der Waals surface area contributed by atoms with Gasteiger partial charge in [0.05, 0.1) is 0 Å². The number of hydrogen-bond acceptors (Lipinski definition) is 1. The fourth-order valence-corrected chi connectivity index (χ4v) is 6.34. The fraction of sp³-hybridized carbons (Fsp3) is 0.375. The predicted molar refractivity (Wildman–Crippen MR) is 116 cm³/mol.